The monoisotopic (exact) mass is 317 g/mol. The molecule has 0 aliphatic heterocycles. The van der Waals surface area contributed by atoms with Crippen LogP contribution in [0.5, 0.6) is 0 Å². The molecule has 0 amide bonds. The molecule has 22 heavy (non-hydrogen) atoms. The van der Waals surface area contributed by atoms with Gasteiger partial charge in [-0.2, -0.15) is 0 Å². The molecule has 116 valence electrons. The van der Waals surface area contributed by atoms with E-state index < -0.39 is 10.0 Å². The lowest BCUT2D eigenvalue weighted by Gasteiger charge is -2.07. The largest absolute Gasteiger partial charge is 0.298 e. The molecule has 0 heterocycles. The molecule has 2 aromatic rings. The SMILES string of the molecule is CS(=O)(=O)NCCCc1ccc(-c2ccccc2C=O)cc1. The predicted octanol–water partition coefficient (Wildman–Crippen LogP) is 2.65. The number of aryl methyl sites for hydroxylation is 1. The standard InChI is InChI=1S/C17H19NO3S/c1-22(20,21)18-12-4-5-14-8-10-15(11-9-14)17-7-3-2-6-16(17)13-19/h2-3,6-11,13,18H,4-5,12H2,1H3. The molecule has 0 aliphatic rings. The molecular weight excluding hydrogens is 298 g/mol. The molecule has 0 atom stereocenters. The molecule has 0 radical (unpaired) electrons. The van der Waals surface area contributed by atoms with Gasteiger partial charge in [0, 0.05) is 12.1 Å². The first-order chi connectivity index (χ1) is 10.5. The molecular formula is C17H19NO3S. The van der Waals surface area contributed by atoms with Crippen LogP contribution in [0.3, 0.4) is 0 Å². The summed E-state index contributed by atoms with van der Waals surface area (Å²) < 4.78 is 24.4. The second-order valence-corrected chi connectivity index (χ2v) is 7.01. The minimum atomic E-state index is -3.11. The Morgan fingerprint density at radius 2 is 1.73 bits per heavy atom. The van der Waals surface area contributed by atoms with E-state index in [0.29, 0.717) is 12.1 Å². The van der Waals surface area contributed by atoms with Crippen molar-refractivity contribution in [3.63, 3.8) is 0 Å². The van der Waals surface area contributed by atoms with Crippen LogP contribution in [0.25, 0.3) is 11.1 Å². The van der Waals surface area contributed by atoms with Gasteiger partial charge in [0.05, 0.1) is 6.26 Å². The summed E-state index contributed by atoms with van der Waals surface area (Å²) in [6.45, 7) is 0.439. The highest BCUT2D eigenvalue weighted by atomic mass is 32.2. The highest BCUT2D eigenvalue weighted by molar-refractivity contribution is 7.88. The predicted molar refractivity (Wildman–Crippen MR) is 88.4 cm³/mol. The molecule has 0 unspecified atom stereocenters. The van der Waals surface area contributed by atoms with Crippen LogP contribution in [0.4, 0.5) is 0 Å². The van der Waals surface area contributed by atoms with E-state index in [2.05, 4.69) is 4.72 Å². The molecule has 2 aromatic carbocycles. The third-order valence-electron chi connectivity index (χ3n) is 3.36. The lowest BCUT2D eigenvalue weighted by Crippen LogP contribution is -2.23. The van der Waals surface area contributed by atoms with Crippen molar-refractivity contribution in [2.45, 2.75) is 12.8 Å². The van der Waals surface area contributed by atoms with E-state index in [1.807, 2.05) is 42.5 Å². The minimum Gasteiger partial charge on any atom is -0.298 e. The summed E-state index contributed by atoms with van der Waals surface area (Å²) in [5, 5.41) is 0. The molecule has 0 spiro atoms. The molecule has 4 nitrogen and oxygen atoms in total. The van der Waals surface area contributed by atoms with E-state index in [9.17, 15) is 13.2 Å². The number of carbonyl (C=O) groups excluding carboxylic acids is 1. The highest BCUT2D eigenvalue weighted by Crippen LogP contribution is 2.23. The summed E-state index contributed by atoms with van der Waals surface area (Å²) in [6, 6.07) is 15.5. The summed E-state index contributed by atoms with van der Waals surface area (Å²) in [4.78, 5) is 11.1. The fourth-order valence-electron chi connectivity index (χ4n) is 2.26. The Morgan fingerprint density at radius 3 is 2.36 bits per heavy atom. The lowest BCUT2D eigenvalue weighted by atomic mass is 9.98. The van der Waals surface area contributed by atoms with Crippen molar-refractivity contribution in [3.8, 4) is 11.1 Å². The zero-order valence-corrected chi connectivity index (χ0v) is 13.3. The van der Waals surface area contributed by atoms with Gasteiger partial charge >= 0.3 is 0 Å². The van der Waals surface area contributed by atoms with E-state index in [1.54, 1.807) is 6.07 Å². The van der Waals surface area contributed by atoms with Crippen molar-refractivity contribution in [2.24, 2.45) is 0 Å². The van der Waals surface area contributed by atoms with Crippen molar-refractivity contribution in [1.82, 2.24) is 4.72 Å². The highest BCUT2D eigenvalue weighted by Gasteiger charge is 2.04. The van der Waals surface area contributed by atoms with Gasteiger partial charge in [0.25, 0.3) is 0 Å². The molecule has 0 saturated heterocycles. The fourth-order valence-corrected chi connectivity index (χ4v) is 2.78. The van der Waals surface area contributed by atoms with Crippen LogP contribution >= 0.6 is 0 Å². The topological polar surface area (TPSA) is 63.2 Å². The maximum absolute atomic E-state index is 11.1. The van der Waals surface area contributed by atoms with Crippen molar-refractivity contribution in [2.75, 3.05) is 12.8 Å². The van der Waals surface area contributed by atoms with Gasteiger partial charge in [-0.15, -0.1) is 0 Å². The van der Waals surface area contributed by atoms with Crippen LogP contribution in [0, 0.1) is 0 Å². The Bertz CT molecular complexity index is 737. The van der Waals surface area contributed by atoms with Gasteiger partial charge in [0.2, 0.25) is 10.0 Å². The number of rotatable bonds is 7. The molecule has 2 rings (SSSR count). The summed E-state index contributed by atoms with van der Waals surface area (Å²) in [5.41, 5.74) is 3.73. The van der Waals surface area contributed by atoms with Gasteiger partial charge in [-0.3, -0.25) is 4.79 Å². The van der Waals surface area contributed by atoms with Crippen LogP contribution in [-0.4, -0.2) is 27.5 Å². The smallest absolute Gasteiger partial charge is 0.208 e. The fraction of sp³-hybridized carbons (Fsp3) is 0.235. The summed E-state index contributed by atoms with van der Waals surface area (Å²) in [6.07, 6.45) is 3.57. The van der Waals surface area contributed by atoms with Crippen LogP contribution in [-0.2, 0) is 16.4 Å². The third kappa shape index (κ3) is 4.79. The maximum atomic E-state index is 11.1. The Kier molecular flexibility index (Phi) is 5.46. The average Bonchev–Trinajstić information content (AvgIpc) is 2.51. The van der Waals surface area contributed by atoms with Gasteiger partial charge < -0.3 is 0 Å². The van der Waals surface area contributed by atoms with Gasteiger partial charge in [0.15, 0.2) is 6.29 Å². The lowest BCUT2D eigenvalue weighted by molar-refractivity contribution is 0.112. The van der Waals surface area contributed by atoms with E-state index >= 15 is 0 Å². The van der Waals surface area contributed by atoms with Crippen molar-refractivity contribution in [3.05, 3.63) is 59.7 Å². The first-order valence-corrected chi connectivity index (χ1v) is 8.97. The van der Waals surface area contributed by atoms with Crippen molar-refractivity contribution >= 4 is 16.3 Å². The summed E-state index contributed by atoms with van der Waals surface area (Å²) in [7, 11) is -3.11. The number of hydrogen-bond donors (Lipinski definition) is 1. The zero-order valence-electron chi connectivity index (χ0n) is 12.5. The Balaban J connectivity index is 2.00. The van der Waals surface area contributed by atoms with Crippen molar-refractivity contribution in [1.29, 1.82) is 0 Å². The Morgan fingerprint density at radius 1 is 1.05 bits per heavy atom. The van der Waals surface area contributed by atoms with Crippen LogP contribution in [0.1, 0.15) is 22.3 Å². The van der Waals surface area contributed by atoms with Crippen LogP contribution in [0.2, 0.25) is 0 Å². The number of carbonyl (C=O) groups is 1. The normalized spacial score (nSPS) is 11.3. The number of hydrogen-bond acceptors (Lipinski definition) is 3. The Hall–Kier alpha value is -1.98. The van der Waals surface area contributed by atoms with E-state index in [1.165, 1.54) is 0 Å². The maximum Gasteiger partial charge on any atom is 0.208 e. The van der Waals surface area contributed by atoms with E-state index in [-0.39, 0.29) is 0 Å². The quantitative estimate of drug-likeness (QED) is 0.631. The minimum absolute atomic E-state index is 0.439. The van der Waals surface area contributed by atoms with E-state index in [4.69, 9.17) is 0 Å². The van der Waals surface area contributed by atoms with Gasteiger partial charge in [-0.05, 0) is 29.5 Å². The van der Waals surface area contributed by atoms with E-state index in [0.717, 1.165) is 42.1 Å². The molecule has 0 aromatic heterocycles. The zero-order chi connectivity index (χ0) is 16.0. The summed E-state index contributed by atoms with van der Waals surface area (Å²) >= 11 is 0. The molecule has 0 saturated carbocycles. The first-order valence-electron chi connectivity index (χ1n) is 7.08. The van der Waals surface area contributed by atoms with Gasteiger partial charge in [-0.1, -0.05) is 48.5 Å². The van der Waals surface area contributed by atoms with Crippen LogP contribution in [0.15, 0.2) is 48.5 Å². The van der Waals surface area contributed by atoms with Gasteiger partial charge in [-0.25, -0.2) is 13.1 Å². The Labute approximate surface area is 131 Å². The molecule has 0 aliphatic carbocycles. The molecule has 0 bridgehead atoms. The number of benzene rings is 2. The molecule has 1 N–H and O–H groups in total. The van der Waals surface area contributed by atoms with Crippen molar-refractivity contribution < 1.29 is 13.2 Å². The second-order valence-electron chi connectivity index (χ2n) is 5.17. The second kappa shape index (κ2) is 7.33. The van der Waals surface area contributed by atoms with Gasteiger partial charge in [0.1, 0.15) is 0 Å². The number of aldehydes is 1. The molecule has 5 heteroatoms. The first kappa shape index (κ1) is 16.4. The molecule has 0 fully saturated rings. The number of nitrogens with one attached hydrogen (secondary N) is 1. The summed E-state index contributed by atoms with van der Waals surface area (Å²) in [5.74, 6) is 0. The average molecular weight is 317 g/mol. The third-order valence-corrected chi connectivity index (χ3v) is 4.09. The van der Waals surface area contributed by atoms with Crippen LogP contribution < -0.4 is 4.72 Å². The number of sulfonamides is 1.